The fraction of sp³-hybridized carbons (Fsp3) is 0.231. The molecule has 0 amide bonds. The van der Waals surface area contributed by atoms with Crippen LogP contribution in [-0.4, -0.2) is 22.7 Å². The molecular weight excluding hydrogens is 330 g/mol. The third-order valence-corrected chi connectivity index (χ3v) is 4.28. The third-order valence-electron chi connectivity index (χ3n) is 2.47. The fourth-order valence-corrected chi connectivity index (χ4v) is 3.02. The first-order valence-corrected chi connectivity index (χ1v) is 7.27. The molecule has 1 N–H and O–H groups in total. The lowest BCUT2D eigenvalue weighted by Crippen LogP contribution is -1.94. The molecule has 0 saturated carbocycles. The molecule has 4 nitrogen and oxygen atoms in total. The van der Waals surface area contributed by atoms with Gasteiger partial charge in [-0.15, -0.1) is 11.3 Å². The lowest BCUT2D eigenvalue weighted by molar-refractivity contribution is 0.0701. The molecule has 100 valence electrons. The van der Waals surface area contributed by atoms with E-state index in [1.165, 1.54) is 11.3 Å². The number of aryl methyl sites for hydroxylation is 1. The second-order valence-corrected chi connectivity index (χ2v) is 5.67. The number of hydrogen-bond donors (Lipinski definition) is 1. The molecule has 0 spiro atoms. The van der Waals surface area contributed by atoms with Crippen LogP contribution in [0.4, 0.5) is 0 Å². The van der Waals surface area contributed by atoms with Gasteiger partial charge in [0.25, 0.3) is 0 Å². The lowest BCUT2D eigenvalue weighted by Gasteiger charge is -2.06. The summed E-state index contributed by atoms with van der Waals surface area (Å²) in [5.74, 6) is -0.177. The SMILES string of the molecule is CCOc1ccc(-c2nc(C)c(C(=O)O)s2)cc1Br. The van der Waals surface area contributed by atoms with Crippen LogP contribution in [0.15, 0.2) is 22.7 Å². The van der Waals surface area contributed by atoms with Crippen LogP contribution < -0.4 is 4.74 Å². The van der Waals surface area contributed by atoms with Crippen molar-refractivity contribution in [2.24, 2.45) is 0 Å². The van der Waals surface area contributed by atoms with Gasteiger partial charge in [0.1, 0.15) is 15.6 Å². The van der Waals surface area contributed by atoms with E-state index in [0.29, 0.717) is 17.3 Å². The number of carboxylic acid groups (broad SMARTS) is 1. The van der Waals surface area contributed by atoms with Crippen molar-refractivity contribution >= 4 is 33.2 Å². The van der Waals surface area contributed by atoms with Gasteiger partial charge >= 0.3 is 5.97 Å². The van der Waals surface area contributed by atoms with Gasteiger partial charge in [-0.1, -0.05) is 0 Å². The topological polar surface area (TPSA) is 59.4 Å². The molecule has 0 aliphatic carbocycles. The van der Waals surface area contributed by atoms with E-state index in [1.54, 1.807) is 6.92 Å². The monoisotopic (exact) mass is 341 g/mol. The molecule has 0 saturated heterocycles. The van der Waals surface area contributed by atoms with Crippen molar-refractivity contribution in [1.29, 1.82) is 0 Å². The number of aromatic carboxylic acids is 1. The van der Waals surface area contributed by atoms with Gasteiger partial charge in [-0.2, -0.15) is 0 Å². The maximum atomic E-state index is 11.0. The summed E-state index contributed by atoms with van der Waals surface area (Å²) in [5.41, 5.74) is 1.41. The Kier molecular flexibility index (Phi) is 4.21. The number of aromatic nitrogens is 1. The Morgan fingerprint density at radius 3 is 2.79 bits per heavy atom. The van der Waals surface area contributed by atoms with Gasteiger partial charge in [0.05, 0.1) is 16.8 Å². The van der Waals surface area contributed by atoms with E-state index in [0.717, 1.165) is 15.8 Å². The summed E-state index contributed by atoms with van der Waals surface area (Å²) in [6.07, 6.45) is 0. The fourth-order valence-electron chi connectivity index (χ4n) is 1.62. The van der Waals surface area contributed by atoms with E-state index in [1.807, 2.05) is 25.1 Å². The third kappa shape index (κ3) is 2.96. The summed E-state index contributed by atoms with van der Waals surface area (Å²) < 4.78 is 6.27. The summed E-state index contributed by atoms with van der Waals surface area (Å²) in [6.45, 7) is 4.22. The number of hydrogen-bond acceptors (Lipinski definition) is 4. The van der Waals surface area contributed by atoms with Crippen molar-refractivity contribution in [2.45, 2.75) is 13.8 Å². The summed E-state index contributed by atoms with van der Waals surface area (Å²) in [5, 5.41) is 9.73. The number of benzene rings is 1. The Morgan fingerprint density at radius 2 is 2.26 bits per heavy atom. The van der Waals surface area contributed by atoms with Crippen LogP contribution in [0.3, 0.4) is 0 Å². The van der Waals surface area contributed by atoms with Gasteiger partial charge in [-0.25, -0.2) is 9.78 Å². The van der Waals surface area contributed by atoms with Crippen molar-refractivity contribution < 1.29 is 14.6 Å². The molecule has 0 aliphatic heterocycles. The quantitative estimate of drug-likeness (QED) is 0.913. The molecule has 0 fully saturated rings. The first kappa shape index (κ1) is 14.0. The zero-order chi connectivity index (χ0) is 14.0. The standard InChI is InChI=1S/C13H12BrNO3S/c1-3-18-10-5-4-8(6-9(10)14)12-15-7(2)11(19-12)13(16)17/h4-6H,3H2,1-2H3,(H,16,17). The molecule has 0 unspecified atom stereocenters. The summed E-state index contributed by atoms with van der Waals surface area (Å²) in [6, 6.07) is 5.61. The molecule has 2 aromatic rings. The molecule has 1 aromatic carbocycles. The Morgan fingerprint density at radius 1 is 1.53 bits per heavy atom. The van der Waals surface area contributed by atoms with Crippen molar-refractivity contribution in [3.63, 3.8) is 0 Å². The van der Waals surface area contributed by atoms with Crippen LogP contribution in [0.25, 0.3) is 10.6 Å². The molecule has 2 rings (SSSR count). The minimum Gasteiger partial charge on any atom is -0.493 e. The van der Waals surface area contributed by atoms with Crippen molar-refractivity contribution in [1.82, 2.24) is 4.98 Å². The minimum atomic E-state index is -0.939. The van der Waals surface area contributed by atoms with Crippen LogP contribution in [-0.2, 0) is 0 Å². The normalized spacial score (nSPS) is 10.5. The molecular formula is C13H12BrNO3S. The molecule has 6 heteroatoms. The van der Waals surface area contributed by atoms with Crippen molar-refractivity contribution in [3.8, 4) is 16.3 Å². The maximum Gasteiger partial charge on any atom is 0.347 e. The Bertz CT molecular complexity index is 624. The summed E-state index contributed by atoms with van der Waals surface area (Å²) in [4.78, 5) is 15.6. The number of nitrogens with zero attached hydrogens (tertiary/aromatic N) is 1. The predicted molar refractivity (Wildman–Crippen MR) is 78.1 cm³/mol. The zero-order valence-corrected chi connectivity index (χ0v) is 12.8. The highest BCUT2D eigenvalue weighted by atomic mass is 79.9. The van der Waals surface area contributed by atoms with E-state index in [2.05, 4.69) is 20.9 Å². The highest BCUT2D eigenvalue weighted by Crippen LogP contribution is 2.33. The van der Waals surface area contributed by atoms with Gasteiger partial charge in [0.15, 0.2) is 0 Å². The number of ether oxygens (including phenoxy) is 1. The van der Waals surface area contributed by atoms with Crippen molar-refractivity contribution in [2.75, 3.05) is 6.61 Å². The van der Waals surface area contributed by atoms with E-state index in [9.17, 15) is 4.79 Å². The predicted octanol–water partition coefficient (Wildman–Crippen LogP) is 3.98. The van der Waals surface area contributed by atoms with Gasteiger partial charge in [-0.05, 0) is 48.0 Å². The lowest BCUT2D eigenvalue weighted by atomic mass is 10.2. The van der Waals surface area contributed by atoms with Gasteiger partial charge < -0.3 is 9.84 Å². The van der Waals surface area contributed by atoms with E-state index >= 15 is 0 Å². The minimum absolute atomic E-state index is 0.278. The summed E-state index contributed by atoms with van der Waals surface area (Å²) >= 11 is 4.61. The molecule has 0 atom stereocenters. The van der Waals surface area contributed by atoms with Crippen LogP contribution in [0, 0.1) is 6.92 Å². The number of thiazole rings is 1. The maximum absolute atomic E-state index is 11.0. The molecule has 19 heavy (non-hydrogen) atoms. The molecule has 1 heterocycles. The highest BCUT2D eigenvalue weighted by Gasteiger charge is 2.15. The molecule has 0 aliphatic rings. The Hall–Kier alpha value is -1.40. The van der Waals surface area contributed by atoms with Crippen LogP contribution in [0.2, 0.25) is 0 Å². The Balaban J connectivity index is 2.39. The molecule has 0 bridgehead atoms. The van der Waals surface area contributed by atoms with Gasteiger partial charge in [0.2, 0.25) is 0 Å². The Labute approximate surface area is 123 Å². The first-order chi connectivity index (χ1) is 9.02. The highest BCUT2D eigenvalue weighted by molar-refractivity contribution is 9.10. The van der Waals surface area contributed by atoms with E-state index in [-0.39, 0.29) is 4.88 Å². The summed E-state index contributed by atoms with van der Waals surface area (Å²) in [7, 11) is 0. The van der Waals surface area contributed by atoms with Crippen LogP contribution >= 0.6 is 27.3 Å². The largest absolute Gasteiger partial charge is 0.493 e. The van der Waals surface area contributed by atoms with E-state index < -0.39 is 5.97 Å². The average molecular weight is 342 g/mol. The smallest absolute Gasteiger partial charge is 0.347 e. The zero-order valence-electron chi connectivity index (χ0n) is 10.4. The number of halogens is 1. The van der Waals surface area contributed by atoms with Crippen molar-refractivity contribution in [3.05, 3.63) is 33.2 Å². The molecule has 1 aromatic heterocycles. The molecule has 0 radical (unpaired) electrons. The van der Waals surface area contributed by atoms with Crippen LogP contribution in [0.5, 0.6) is 5.75 Å². The van der Waals surface area contributed by atoms with Gasteiger partial charge in [-0.3, -0.25) is 0 Å². The average Bonchev–Trinajstić information content (AvgIpc) is 2.74. The number of carboxylic acids is 1. The first-order valence-electron chi connectivity index (χ1n) is 5.66. The van der Waals surface area contributed by atoms with Gasteiger partial charge in [0, 0.05) is 5.56 Å². The second kappa shape index (κ2) is 5.71. The number of carbonyl (C=O) groups is 1. The van der Waals surface area contributed by atoms with E-state index in [4.69, 9.17) is 9.84 Å². The van der Waals surface area contributed by atoms with Crippen LogP contribution in [0.1, 0.15) is 22.3 Å². The second-order valence-electron chi connectivity index (χ2n) is 3.82. The number of rotatable bonds is 4.